The van der Waals surface area contributed by atoms with Crippen LogP contribution in [0.4, 0.5) is 0 Å². The van der Waals surface area contributed by atoms with Crippen LogP contribution in [0.1, 0.15) is 69.1 Å². The van der Waals surface area contributed by atoms with Crippen molar-refractivity contribution in [2.45, 2.75) is 76.2 Å². The molecule has 2 fully saturated rings. The van der Waals surface area contributed by atoms with Crippen molar-refractivity contribution in [2.75, 3.05) is 0 Å². The first-order chi connectivity index (χ1) is 9.78. The molecule has 1 heterocycles. The Labute approximate surface area is 128 Å². The van der Waals surface area contributed by atoms with Crippen LogP contribution in [0.5, 0.6) is 0 Å². The van der Waals surface area contributed by atoms with Crippen molar-refractivity contribution in [3.05, 3.63) is 22.4 Å². The minimum atomic E-state index is 0.129. The first kappa shape index (κ1) is 14.6. The molecule has 0 amide bonds. The quantitative estimate of drug-likeness (QED) is 0.815. The van der Waals surface area contributed by atoms with Gasteiger partial charge in [0.1, 0.15) is 0 Å². The van der Waals surface area contributed by atoms with E-state index in [1.807, 2.05) is 11.3 Å². The van der Waals surface area contributed by atoms with Gasteiger partial charge in [0.05, 0.1) is 0 Å². The second-order valence-electron chi connectivity index (χ2n) is 7.06. The van der Waals surface area contributed by atoms with Crippen LogP contribution in [-0.4, -0.2) is 5.54 Å². The van der Waals surface area contributed by atoms with E-state index in [4.69, 9.17) is 5.73 Å². The Kier molecular flexibility index (Phi) is 4.83. The maximum absolute atomic E-state index is 6.96. The molecule has 2 atom stereocenters. The lowest BCUT2D eigenvalue weighted by atomic mass is 9.63. The molecule has 0 aliphatic heterocycles. The average molecular weight is 292 g/mol. The Morgan fingerprint density at radius 2 is 1.90 bits per heavy atom. The normalized spacial score (nSPS) is 32.4. The lowest BCUT2D eigenvalue weighted by Gasteiger charge is -2.46. The Hall–Kier alpha value is -0.340. The van der Waals surface area contributed by atoms with Gasteiger partial charge in [0.25, 0.3) is 0 Å². The molecular weight excluding hydrogens is 262 g/mol. The van der Waals surface area contributed by atoms with E-state index in [9.17, 15) is 0 Å². The second kappa shape index (κ2) is 6.62. The van der Waals surface area contributed by atoms with Crippen molar-refractivity contribution in [1.29, 1.82) is 0 Å². The van der Waals surface area contributed by atoms with Crippen LogP contribution in [0, 0.1) is 11.8 Å². The molecule has 2 heteroatoms. The molecule has 20 heavy (non-hydrogen) atoms. The molecule has 1 nitrogen and oxygen atoms in total. The van der Waals surface area contributed by atoms with Crippen LogP contribution in [0.2, 0.25) is 0 Å². The predicted molar refractivity (Wildman–Crippen MR) is 88.1 cm³/mol. The van der Waals surface area contributed by atoms with Crippen LogP contribution in [0.3, 0.4) is 0 Å². The van der Waals surface area contributed by atoms with E-state index in [1.54, 1.807) is 0 Å². The van der Waals surface area contributed by atoms with E-state index in [0.29, 0.717) is 0 Å². The largest absolute Gasteiger partial charge is 0.325 e. The Morgan fingerprint density at radius 1 is 1.10 bits per heavy atom. The van der Waals surface area contributed by atoms with Gasteiger partial charge in [-0.25, -0.2) is 0 Å². The fraction of sp³-hybridized carbons (Fsp3) is 0.778. The molecule has 0 spiro atoms. The molecule has 2 N–H and O–H groups in total. The monoisotopic (exact) mass is 291 g/mol. The highest BCUT2D eigenvalue weighted by Gasteiger charge is 2.41. The minimum absolute atomic E-state index is 0.129. The summed E-state index contributed by atoms with van der Waals surface area (Å²) < 4.78 is 0. The highest BCUT2D eigenvalue weighted by Crippen LogP contribution is 2.44. The summed E-state index contributed by atoms with van der Waals surface area (Å²) in [6, 6.07) is 4.44. The summed E-state index contributed by atoms with van der Waals surface area (Å²) in [5.41, 5.74) is 7.08. The molecule has 2 unspecified atom stereocenters. The third kappa shape index (κ3) is 3.28. The molecule has 2 aliphatic rings. The van der Waals surface area contributed by atoms with Crippen LogP contribution in [-0.2, 0) is 6.42 Å². The fourth-order valence-corrected chi connectivity index (χ4v) is 5.36. The van der Waals surface area contributed by atoms with Crippen LogP contribution >= 0.6 is 11.3 Å². The summed E-state index contributed by atoms with van der Waals surface area (Å²) in [4.78, 5) is 1.52. The number of aryl methyl sites for hydroxylation is 1. The van der Waals surface area contributed by atoms with Gasteiger partial charge in [0.2, 0.25) is 0 Å². The van der Waals surface area contributed by atoms with Gasteiger partial charge in [-0.15, -0.1) is 11.3 Å². The highest BCUT2D eigenvalue weighted by molar-refractivity contribution is 7.09. The summed E-state index contributed by atoms with van der Waals surface area (Å²) in [7, 11) is 0. The molecule has 1 aromatic rings. The first-order valence-corrected chi connectivity index (χ1v) is 9.47. The van der Waals surface area contributed by atoms with Crippen molar-refractivity contribution in [3.8, 4) is 0 Å². The molecule has 0 aromatic carbocycles. The van der Waals surface area contributed by atoms with Gasteiger partial charge < -0.3 is 5.73 Å². The van der Waals surface area contributed by atoms with Crippen LogP contribution < -0.4 is 5.73 Å². The van der Waals surface area contributed by atoms with Gasteiger partial charge in [-0.05, 0) is 49.0 Å². The van der Waals surface area contributed by atoms with Crippen molar-refractivity contribution in [3.63, 3.8) is 0 Å². The summed E-state index contributed by atoms with van der Waals surface area (Å²) in [6.45, 7) is 0. The summed E-state index contributed by atoms with van der Waals surface area (Å²) in [6.07, 6.45) is 15.1. The van der Waals surface area contributed by atoms with Gasteiger partial charge >= 0.3 is 0 Å². The van der Waals surface area contributed by atoms with Crippen molar-refractivity contribution < 1.29 is 0 Å². The van der Waals surface area contributed by atoms with E-state index in [-0.39, 0.29) is 5.54 Å². The number of nitrogens with two attached hydrogens (primary N) is 1. The van der Waals surface area contributed by atoms with E-state index < -0.39 is 0 Å². The minimum Gasteiger partial charge on any atom is -0.325 e. The summed E-state index contributed by atoms with van der Waals surface area (Å²) in [5.74, 6) is 1.73. The SMILES string of the molecule is NC1(CCc2cccs2)CCCCC1C1CCCCC1. The Balaban J connectivity index is 1.66. The second-order valence-corrected chi connectivity index (χ2v) is 8.10. The maximum Gasteiger partial charge on any atom is 0.0189 e. The van der Waals surface area contributed by atoms with E-state index in [0.717, 1.165) is 11.8 Å². The zero-order chi connectivity index (χ0) is 13.8. The molecule has 0 radical (unpaired) electrons. The summed E-state index contributed by atoms with van der Waals surface area (Å²) >= 11 is 1.89. The summed E-state index contributed by atoms with van der Waals surface area (Å²) in [5, 5.41) is 2.19. The third-order valence-corrected chi connectivity index (χ3v) is 6.72. The highest BCUT2D eigenvalue weighted by atomic mass is 32.1. The van der Waals surface area contributed by atoms with Gasteiger partial charge in [0, 0.05) is 10.4 Å². The lowest BCUT2D eigenvalue weighted by molar-refractivity contribution is 0.0933. The fourth-order valence-electron chi connectivity index (χ4n) is 4.65. The van der Waals surface area contributed by atoms with E-state index in [2.05, 4.69) is 17.5 Å². The lowest BCUT2D eigenvalue weighted by Crippen LogP contribution is -2.52. The molecule has 0 saturated heterocycles. The maximum atomic E-state index is 6.96. The van der Waals surface area contributed by atoms with E-state index in [1.165, 1.54) is 75.5 Å². The van der Waals surface area contributed by atoms with Gasteiger partial charge in [-0.2, -0.15) is 0 Å². The molecule has 3 rings (SSSR count). The zero-order valence-electron chi connectivity index (χ0n) is 12.7. The van der Waals surface area contributed by atoms with Crippen molar-refractivity contribution >= 4 is 11.3 Å². The standard InChI is InChI=1S/C18H29NS/c19-18(13-11-16-9-6-14-20-16)12-5-4-10-17(18)15-7-2-1-3-8-15/h6,9,14-15,17H,1-5,7-8,10-13,19H2. The van der Waals surface area contributed by atoms with Gasteiger partial charge in [0.15, 0.2) is 0 Å². The zero-order valence-corrected chi connectivity index (χ0v) is 13.5. The number of thiophene rings is 1. The molecular formula is C18H29NS. The molecule has 0 bridgehead atoms. The predicted octanol–water partition coefficient (Wildman–Crippen LogP) is 5.15. The number of hydrogen-bond acceptors (Lipinski definition) is 2. The van der Waals surface area contributed by atoms with Crippen LogP contribution in [0.25, 0.3) is 0 Å². The van der Waals surface area contributed by atoms with Crippen molar-refractivity contribution in [1.82, 2.24) is 0 Å². The topological polar surface area (TPSA) is 26.0 Å². The van der Waals surface area contributed by atoms with E-state index >= 15 is 0 Å². The molecule has 2 saturated carbocycles. The first-order valence-electron chi connectivity index (χ1n) is 8.59. The third-order valence-electron chi connectivity index (χ3n) is 5.78. The average Bonchev–Trinajstić information content (AvgIpc) is 3.00. The smallest absolute Gasteiger partial charge is 0.0189 e. The molecule has 1 aromatic heterocycles. The number of rotatable bonds is 4. The molecule has 112 valence electrons. The van der Waals surface area contributed by atoms with Crippen molar-refractivity contribution in [2.24, 2.45) is 17.6 Å². The molecule has 2 aliphatic carbocycles. The Bertz CT molecular complexity index is 394. The van der Waals surface area contributed by atoms with Crippen LogP contribution in [0.15, 0.2) is 17.5 Å². The van der Waals surface area contributed by atoms with Gasteiger partial charge in [-0.3, -0.25) is 0 Å². The Morgan fingerprint density at radius 3 is 2.65 bits per heavy atom. The van der Waals surface area contributed by atoms with Gasteiger partial charge in [-0.1, -0.05) is 51.0 Å². The number of hydrogen-bond donors (Lipinski definition) is 1.